The van der Waals surface area contributed by atoms with Crippen molar-refractivity contribution in [3.63, 3.8) is 0 Å². The van der Waals surface area contributed by atoms with Crippen molar-refractivity contribution in [2.75, 3.05) is 0 Å². The van der Waals surface area contributed by atoms with Crippen LogP contribution in [0.5, 0.6) is 0 Å². The van der Waals surface area contributed by atoms with Gasteiger partial charge in [0, 0.05) is 23.3 Å². The van der Waals surface area contributed by atoms with E-state index in [0.717, 1.165) is 0 Å². The Morgan fingerprint density at radius 3 is 2.59 bits per heavy atom. The minimum absolute atomic E-state index is 0.283. The van der Waals surface area contributed by atoms with Crippen molar-refractivity contribution >= 4 is 28.6 Å². The topological polar surface area (TPSA) is 78.3 Å². The van der Waals surface area contributed by atoms with Gasteiger partial charge in [-0.25, -0.2) is 9.59 Å². The summed E-state index contributed by atoms with van der Waals surface area (Å²) in [6.45, 7) is 0.655. The van der Waals surface area contributed by atoms with E-state index >= 15 is 0 Å². The third kappa shape index (κ3) is 3.13. The molecule has 0 bridgehead atoms. The fraction of sp³-hybridized carbons (Fsp3) is 0.231. The van der Waals surface area contributed by atoms with Crippen molar-refractivity contribution in [3.05, 3.63) is 30.2 Å². The van der Waals surface area contributed by atoms with Gasteiger partial charge in [0.05, 0.1) is 11.7 Å². The van der Waals surface area contributed by atoms with E-state index in [-0.39, 0.29) is 11.3 Å². The number of ether oxygens (including phenoxy) is 1. The summed E-state index contributed by atoms with van der Waals surface area (Å²) >= 11 is 0. The predicted molar refractivity (Wildman–Crippen MR) is 66.9 cm³/mol. The first-order valence-electron chi connectivity index (χ1n) is 5.95. The minimum Gasteiger partial charge on any atom is -0.385 e. The van der Waals surface area contributed by atoms with E-state index in [1.807, 2.05) is 0 Å². The number of halogens is 3. The van der Waals surface area contributed by atoms with E-state index < -0.39 is 24.7 Å². The molecule has 0 spiro atoms. The van der Waals surface area contributed by atoms with Gasteiger partial charge in [-0.2, -0.15) is 13.2 Å². The largest absolute Gasteiger partial charge is 0.491 e. The SMILES string of the molecule is CC(=O)c1cn(CC(=O)OC(=O)C(F)(F)F)c2cnccc12. The third-order valence-electron chi connectivity index (χ3n) is 2.80. The molecule has 2 aromatic rings. The quantitative estimate of drug-likeness (QED) is 0.491. The van der Waals surface area contributed by atoms with Crippen LogP contribution in [0.4, 0.5) is 13.2 Å². The first kappa shape index (κ1) is 15.7. The maximum atomic E-state index is 12.0. The maximum absolute atomic E-state index is 12.0. The standard InChI is InChI=1S/C13H9F3N2O4/c1-7(19)9-5-18(10-4-17-3-2-8(9)10)6-11(20)22-12(21)13(14,15)16/h2-5H,6H2,1H3. The van der Waals surface area contributed by atoms with Crippen LogP contribution in [0.25, 0.3) is 10.9 Å². The van der Waals surface area contributed by atoms with Crippen LogP contribution in [0.3, 0.4) is 0 Å². The lowest BCUT2D eigenvalue weighted by atomic mass is 10.1. The van der Waals surface area contributed by atoms with Gasteiger partial charge in [0.2, 0.25) is 0 Å². The molecule has 0 atom stereocenters. The van der Waals surface area contributed by atoms with Crippen molar-refractivity contribution in [3.8, 4) is 0 Å². The second-order valence-electron chi connectivity index (χ2n) is 4.38. The molecule has 6 nitrogen and oxygen atoms in total. The average Bonchev–Trinajstić information content (AvgIpc) is 2.77. The molecule has 0 saturated carbocycles. The van der Waals surface area contributed by atoms with Gasteiger partial charge in [0.1, 0.15) is 6.54 Å². The molecule has 0 saturated heterocycles. The van der Waals surface area contributed by atoms with Crippen molar-refractivity contribution in [2.24, 2.45) is 0 Å². The highest BCUT2D eigenvalue weighted by atomic mass is 19.4. The number of alkyl halides is 3. The van der Waals surface area contributed by atoms with Crippen LogP contribution in [-0.2, 0) is 20.9 Å². The lowest BCUT2D eigenvalue weighted by molar-refractivity contribution is -0.202. The highest BCUT2D eigenvalue weighted by Crippen LogP contribution is 2.21. The van der Waals surface area contributed by atoms with Gasteiger partial charge in [-0.1, -0.05) is 0 Å². The Morgan fingerprint density at radius 1 is 1.32 bits per heavy atom. The smallest absolute Gasteiger partial charge is 0.385 e. The fourth-order valence-corrected chi connectivity index (χ4v) is 1.88. The van der Waals surface area contributed by atoms with Crippen LogP contribution >= 0.6 is 0 Å². The van der Waals surface area contributed by atoms with Gasteiger partial charge < -0.3 is 9.30 Å². The Kier molecular flexibility index (Phi) is 3.98. The number of hydrogen-bond donors (Lipinski definition) is 0. The van der Waals surface area contributed by atoms with E-state index in [1.165, 1.54) is 36.1 Å². The molecule has 0 aliphatic rings. The molecule has 0 aromatic carbocycles. The second kappa shape index (κ2) is 5.58. The molecule has 0 aliphatic carbocycles. The lowest BCUT2D eigenvalue weighted by Gasteiger charge is -2.07. The van der Waals surface area contributed by atoms with Crippen molar-refractivity contribution in [1.29, 1.82) is 0 Å². The summed E-state index contributed by atoms with van der Waals surface area (Å²) < 4.78 is 41.0. The molecule has 0 amide bonds. The van der Waals surface area contributed by atoms with Crippen LogP contribution in [0, 0.1) is 0 Å². The molecule has 2 heterocycles. The Hall–Kier alpha value is -2.71. The van der Waals surface area contributed by atoms with Crippen LogP contribution in [0.15, 0.2) is 24.7 Å². The zero-order valence-electron chi connectivity index (χ0n) is 11.2. The summed E-state index contributed by atoms with van der Waals surface area (Å²) in [7, 11) is 0. The molecule has 2 rings (SSSR count). The molecular weight excluding hydrogens is 305 g/mol. The average molecular weight is 314 g/mol. The van der Waals surface area contributed by atoms with Gasteiger partial charge in [-0.15, -0.1) is 0 Å². The van der Waals surface area contributed by atoms with E-state index in [4.69, 9.17) is 0 Å². The molecule has 9 heteroatoms. The summed E-state index contributed by atoms with van der Waals surface area (Å²) in [6, 6.07) is 1.54. The Morgan fingerprint density at radius 2 is 2.00 bits per heavy atom. The molecule has 0 radical (unpaired) electrons. The predicted octanol–water partition coefficient (Wildman–Crippen LogP) is 1.87. The van der Waals surface area contributed by atoms with Crippen LogP contribution in [0.2, 0.25) is 0 Å². The van der Waals surface area contributed by atoms with Crippen LogP contribution in [0.1, 0.15) is 17.3 Å². The molecule has 22 heavy (non-hydrogen) atoms. The van der Waals surface area contributed by atoms with E-state index in [2.05, 4.69) is 9.72 Å². The number of Topliss-reactive ketones (excluding diaryl/α,β-unsaturated/α-hetero) is 1. The number of aromatic nitrogens is 2. The third-order valence-corrected chi connectivity index (χ3v) is 2.80. The van der Waals surface area contributed by atoms with Gasteiger partial charge in [-0.05, 0) is 13.0 Å². The Labute approximate surface area is 121 Å². The number of rotatable bonds is 3. The monoisotopic (exact) mass is 314 g/mol. The molecule has 116 valence electrons. The summed E-state index contributed by atoms with van der Waals surface area (Å²) in [5, 5.41) is 0.498. The molecular formula is C13H9F3N2O4. The zero-order chi connectivity index (χ0) is 16.5. The fourth-order valence-electron chi connectivity index (χ4n) is 1.88. The second-order valence-corrected chi connectivity index (χ2v) is 4.38. The highest BCUT2D eigenvalue weighted by Gasteiger charge is 2.42. The first-order chi connectivity index (χ1) is 10.2. The number of hydrogen-bond acceptors (Lipinski definition) is 5. The highest BCUT2D eigenvalue weighted by molar-refractivity contribution is 6.07. The summed E-state index contributed by atoms with van der Waals surface area (Å²) in [4.78, 5) is 37.4. The number of ketones is 1. The molecule has 0 fully saturated rings. The van der Waals surface area contributed by atoms with Gasteiger partial charge in [0.25, 0.3) is 0 Å². The maximum Gasteiger partial charge on any atom is 0.491 e. The van der Waals surface area contributed by atoms with Crippen LogP contribution < -0.4 is 0 Å². The molecule has 0 N–H and O–H groups in total. The normalized spacial score (nSPS) is 11.5. The van der Waals surface area contributed by atoms with Crippen LogP contribution in [-0.4, -0.2) is 33.4 Å². The van der Waals surface area contributed by atoms with Crippen molar-refractivity contribution in [1.82, 2.24) is 9.55 Å². The van der Waals surface area contributed by atoms with Gasteiger partial charge in [0.15, 0.2) is 5.78 Å². The lowest BCUT2D eigenvalue weighted by Crippen LogP contribution is -2.29. The molecule has 0 unspecified atom stereocenters. The molecule has 0 aliphatic heterocycles. The number of nitrogens with zero attached hydrogens (tertiary/aromatic N) is 2. The van der Waals surface area contributed by atoms with Crippen molar-refractivity contribution in [2.45, 2.75) is 19.6 Å². The van der Waals surface area contributed by atoms with E-state index in [9.17, 15) is 27.6 Å². The summed E-state index contributed by atoms with van der Waals surface area (Å²) in [6.07, 6.45) is -1.17. The van der Waals surface area contributed by atoms with E-state index in [1.54, 1.807) is 0 Å². The number of fused-ring (bicyclic) bond motifs is 1. The summed E-state index contributed by atoms with van der Waals surface area (Å²) in [5.74, 6) is -4.26. The zero-order valence-corrected chi connectivity index (χ0v) is 11.2. The number of esters is 2. The first-order valence-corrected chi connectivity index (χ1v) is 5.95. The summed E-state index contributed by atoms with van der Waals surface area (Å²) in [5.41, 5.74) is 0.649. The number of carbonyl (C=O) groups is 3. The van der Waals surface area contributed by atoms with E-state index in [0.29, 0.717) is 10.9 Å². The Balaban J connectivity index is 2.27. The van der Waals surface area contributed by atoms with Gasteiger partial charge >= 0.3 is 18.1 Å². The van der Waals surface area contributed by atoms with Gasteiger partial charge in [-0.3, -0.25) is 9.78 Å². The Bertz CT molecular complexity index is 764. The molecule has 2 aromatic heterocycles. The minimum atomic E-state index is -5.25. The number of carbonyl (C=O) groups excluding carboxylic acids is 3. The van der Waals surface area contributed by atoms with Crippen molar-refractivity contribution < 1.29 is 32.3 Å². The number of pyridine rings is 1.